The minimum atomic E-state index is -0.735. The third-order valence-electron chi connectivity index (χ3n) is 6.43. The van der Waals surface area contributed by atoms with E-state index in [1.165, 1.54) is 6.42 Å². The Hall–Kier alpha value is -1.61. The summed E-state index contributed by atoms with van der Waals surface area (Å²) in [5.41, 5.74) is 4.88. The highest BCUT2D eigenvalue weighted by Crippen LogP contribution is 2.39. The molecule has 3 fully saturated rings. The van der Waals surface area contributed by atoms with E-state index in [9.17, 15) is 14.9 Å². The average molecular weight is 346 g/mol. The number of fused-ring (bicyclic) bond motifs is 1. The summed E-state index contributed by atoms with van der Waals surface area (Å²) >= 11 is 0. The number of nitrogens with one attached hydrogen (secondary N) is 1. The fourth-order valence-corrected chi connectivity index (χ4v) is 5.13. The van der Waals surface area contributed by atoms with Gasteiger partial charge in [-0.1, -0.05) is 38.5 Å². The molecule has 0 bridgehead atoms. The molecule has 0 radical (unpaired) electrons. The number of rotatable bonds is 4. The van der Waals surface area contributed by atoms with Crippen molar-refractivity contribution in [2.24, 2.45) is 11.7 Å². The number of hydrogen-bond donors (Lipinski definition) is 2. The van der Waals surface area contributed by atoms with Crippen molar-refractivity contribution in [3.05, 3.63) is 0 Å². The van der Waals surface area contributed by atoms with Gasteiger partial charge in [0.15, 0.2) is 0 Å². The van der Waals surface area contributed by atoms with E-state index in [0.717, 1.165) is 64.2 Å². The van der Waals surface area contributed by atoms with Crippen LogP contribution in [0.1, 0.15) is 70.6 Å². The second-order valence-corrected chi connectivity index (χ2v) is 8.09. The van der Waals surface area contributed by atoms with Crippen molar-refractivity contribution in [3.63, 3.8) is 0 Å². The van der Waals surface area contributed by atoms with Gasteiger partial charge < -0.3 is 11.1 Å². The van der Waals surface area contributed by atoms with Gasteiger partial charge in [-0.05, 0) is 38.0 Å². The Morgan fingerprint density at radius 1 is 1.12 bits per heavy atom. The molecule has 1 heterocycles. The van der Waals surface area contributed by atoms with E-state index in [-0.39, 0.29) is 30.4 Å². The van der Waals surface area contributed by atoms with Crippen molar-refractivity contribution in [1.29, 1.82) is 5.26 Å². The molecular weight excluding hydrogens is 316 g/mol. The van der Waals surface area contributed by atoms with Gasteiger partial charge in [-0.2, -0.15) is 5.26 Å². The zero-order chi connectivity index (χ0) is 17.9. The van der Waals surface area contributed by atoms with Gasteiger partial charge in [0.25, 0.3) is 0 Å². The lowest BCUT2D eigenvalue weighted by Gasteiger charge is -2.34. The van der Waals surface area contributed by atoms with Gasteiger partial charge >= 0.3 is 0 Å². The largest absolute Gasteiger partial charge is 0.368 e. The predicted molar refractivity (Wildman–Crippen MR) is 94.2 cm³/mol. The van der Waals surface area contributed by atoms with Crippen LogP contribution in [0.2, 0.25) is 0 Å². The molecule has 138 valence electrons. The van der Waals surface area contributed by atoms with Gasteiger partial charge in [-0.3, -0.25) is 14.5 Å². The Labute approximate surface area is 150 Å². The third kappa shape index (κ3) is 3.98. The Balaban J connectivity index is 1.67. The van der Waals surface area contributed by atoms with Gasteiger partial charge in [0.1, 0.15) is 5.54 Å². The number of nitriles is 1. The fourth-order valence-electron chi connectivity index (χ4n) is 5.13. The van der Waals surface area contributed by atoms with Gasteiger partial charge in [-0.25, -0.2) is 0 Å². The molecule has 0 spiro atoms. The number of amides is 2. The van der Waals surface area contributed by atoms with Crippen LogP contribution in [-0.4, -0.2) is 40.9 Å². The lowest BCUT2D eigenvalue weighted by atomic mass is 9.84. The quantitative estimate of drug-likeness (QED) is 0.759. The first kappa shape index (κ1) is 18.2. The molecular formula is C19H30N4O2. The van der Waals surface area contributed by atoms with E-state index in [0.29, 0.717) is 5.92 Å². The van der Waals surface area contributed by atoms with Crippen LogP contribution in [0.25, 0.3) is 0 Å². The van der Waals surface area contributed by atoms with E-state index in [1.54, 1.807) is 0 Å². The lowest BCUT2D eigenvalue weighted by Crippen LogP contribution is -2.54. The molecule has 1 aliphatic heterocycles. The first-order chi connectivity index (χ1) is 12.0. The molecule has 3 N–H and O–H groups in total. The number of nitrogens with two attached hydrogens (primary N) is 1. The molecule has 0 aromatic heterocycles. The second-order valence-electron chi connectivity index (χ2n) is 8.09. The standard InChI is InChI=1S/C19H30N4O2/c20-13-19(9-5-1-2-6-10-19)22-17(24)12-23-15-8-4-3-7-14(15)11-16(23)18(21)25/h14-16H,1-12H2,(H2,21,25)(H,22,24)/t14-,15+,16-/m0/s1. The number of carbonyl (C=O) groups is 2. The summed E-state index contributed by atoms with van der Waals surface area (Å²) in [6.07, 6.45) is 10.9. The van der Waals surface area contributed by atoms with Crippen LogP contribution in [0.5, 0.6) is 0 Å². The number of carbonyl (C=O) groups excluding carboxylic acids is 2. The first-order valence-electron chi connectivity index (χ1n) is 9.82. The maximum absolute atomic E-state index is 12.7. The van der Waals surface area contributed by atoms with Crippen molar-refractivity contribution in [3.8, 4) is 6.07 Å². The Bertz CT molecular complexity index is 548. The highest BCUT2D eigenvalue weighted by molar-refractivity contribution is 5.83. The molecule has 1 saturated heterocycles. The molecule has 2 amide bonds. The number of likely N-dealkylation sites (tertiary alicyclic amines) is 1. The smallest absolute Gasteiger partial charge is 0.235 e. The Morgan fingerprint density at radius 2 is 1.80 bits per heavy atom. The molecule has 0 aromatic carbocycles. The zero-order valence-electron chi connectivity index (χ0n) is 15.0. The summed E-state index contributed by atoms with van der Waals surface area (Å²) in [5.74, 6) is 0.00874. The number of primary amides is 1. The monoisotopic (exact) mass is 346 g/mol. The molecule has 0 unspecified atom stereocenters. The summed E-state index contributed by atoms with van der Waals surface area (Å²) in [5, 5.41) is 12.7. The van der Waals surface area contributed by atoms with Crippen molar-refractivity contribution in [2.45, 2.75) is 88.3 Å². The molecule has 3 rings (SSSR count). The molecule has 3 atom stereocenters. The van der Waals surface area contributed by atoms with Crippen LogP contribution < -0.4 is 11.1 Å². The minimum absolute atomic E-state index is 0.138. The minimum Gasteiger partial charge on any atom is -0.368 e. The topological polar surface area (TPSA) is 99.2 Å². The van der Waals surface area contributed by atoms with Crippen LogP contribution in [0, 0.1) is 17.2 Å². The van der Waals surface area contributed by atoms with Gasteiger partial charge in [0, 0.05) is 6.04 Å². The van der Waals surface area contributed by atoms with E-state index in [2.05, 4.69) is 11.4 Å². The fraction of sp³-hybridized carbons (Fsp3) is 0.842. The van der Waals surface area contributed by atoms with Crippen molar-refractivity contribution in [2.75, 3.05) is 6.54 Å². The molecule has 3 aliphatic rings. The summed E-state index contributed by atoms with van der Waals surface area (Å²) < 4.78 is 0. The maximum atomic E-state index is 12.7. The number of nitrogens with zero attached hydrogens (tertiary/aromatic N) is 2. The third-order valence-corrected chi connectivity index (χ3v) is 6.43. The molecule has 2 saturated carbocycles. The van der Waals surface area contributed by atoms with Crippen LogP contribution in [0.15, 0.2) is 0 Å². The van der Waals surface area contributed by atoms with E-state index < -0.39 is 5.54 Å². The molecule has 25 heavy (non-hydrogen) atoms. The highest BCUT2D eigenvalue weighted by Gasteiger charge is 2.45. The van der Waals surface area contributed by atoms with Crippen LogP contribution in [0.3, 0.4) is 0 Å². The SMILES string of the molecule is N#CC1(NC(=O)CN2[C@@H]3CCCC[C@H]3C[C@H]2C(N)=O)CCCCCC1. The summed E-state index contributed by atoms with van der Waals surface area (Å²) in [6.45, 7) is 0.179. The first-order valence-corrected chi connectivity index (χ1v) is 9.82. The van der Waals surface area contributed by atoms with E-state index in [4.69, 9.17) is 5.73 Å². The lowest BCUT2D eigenvalue weighted by molar-refractivity contribution is -0.127. The average Bonchev–Trinajstić information content (AvgIpc) is 2.80. The number of hydrogen-bond acceptors (Lipinski definition) is 4. The van der Waals surface area contributed by atoms with Crippen LogP contribution >= 0.6 is 0 Å². The van der Waals surface area contributed by atoms with Gasteiger partial charge in [0.2, 0.25) is 11.8 Å². The molecule has 6 nitrogen and oxygen atoms in total. The summed E-state index contributed by atoms with van der Waals surface area (Å²) in [4.78, 5) is 26.6. The van der Waals surface area contributed by atoms with E-state index >= 15 is 0 Å². The Kier molecular flexibility index (Phi) is 5.63. The summed E-state index contributed by atoms with van der Waals surface area (Å²) in [6, 6.07) is 2.30. The zero-order valence-corrected chi connectivity index (χ0v) is 15.0. The van der Waals surface area contributed by atoms with Gasteiger partial charge in [0.05, 0.1) is 18.7 Å². The molecule has 6 heteroatoms. The normalized spacial score (nSPS) is 32.2. The highest BCUT2D eigenvalue weighted by atomic mass is 16.2. The van der Waals surface area contributed by atoms with Crippen LogP contribution in [-0.2, 0) is 9.59 Å². The maximum Gasteiger partial charge on any atom is 0.235 e. The second kappa shape index (κ2) is 7.74. The Morgan fingerprint density at radius 3 is 2.44 bits per heavy atom. The van der Waals surface area contributed by atoms with Crippen molar-refractivity contribution < 1.29 is 9.59 Å². The van der Waals surface area contributed by atoms with E-state index in [1.807, 2.05) is 4.90 Å². The van der Waals surface area contributed by atoms with Crippen molar-refractivity contribution >= 4 is 11.8 Å². The van der Waals surface area contributed by atoms with Gasteiger partial charge in [-0.15, -0.1) is 0 Å². The molecule has 0 aromatic rings. The van der Waals surface area contributed by atoms with Crippen LogP contribution in [0.4, 0.5) is 0 Å². The predicted octanol–water partition coefficient (Wildman–Crippen LogP) is 1.84. The molecule has 2 aliphatic carbocycles. The summed E-state index contributed by atoms with van der Waals surface area (Å²) in [7, 11) is 0. The van der Waals surface area contributed by atoms with Crippen molar-refractivity contribution in [1.82, 2.24) is 10.2 Å².